The van der Waals surface area contributed by atoms with Crippen LogP contribution in [0.25, 0.3) is 0 Å². The standard InChI is InChI=1S/C17H24N2O/c1-19(11-10-13-6-3-2-4-7-13)17(20)16-15-9-5-8-14(15)12-18-16/h2-4,6-7,14-16,18H,5,8-12H2,1H3. The molecule has 1 aliphatic carbocycles. The molecule has 0 spiro atoms. The molecule has 0 aromatic heterocycles. The number of hydrogen-bond donors (Lipinski definition) is 1. The third-order valence-corrected chi connectivity index (χ3v) is 4.97. The fourth-order valence-corrected chi connectivity index (χ4v) is 3.75. The van der Waals surface area contributed by atoms with Gasteiger partial charge in [0.15, 0.2) is 0 Å². The van der Waals surface area contributed by atoms with E-state index in [2.05, 4.69) is 29.6 Å². The molecule has 0 bridgehead atoms. The van der Waals surface area contributed by atoms with Gasteiger partial charge >= 0.3 is 0 Å². The van der Waals surface area contributed by atoms with Gasteiger partial charge < -0.3 is 10.2 Å². The molecule has 1 saturated heterocycles. The SMILES string of the molecule is CN(CCc1ccccc1)C(=O)C1NCC2CCCC21. The maximum atomic E-state index is 12.6. The van der Waals surface area contributed by atoms with Gasteiger partial charge in [0.25, 0.3) is 0 Å². The highest BCUT2D eigenvalue weighted by Gasteiger charge is 2.43. The van der Waals surface area contributed by atoms with Gasteiger partial charge in [0.2, 0.25) is 5.91 Å². The van der Waals surface area contributed by atoms with E-state index in [1.165, 1.54) is 24.8 Å². The molecular formula is C17H24N2O. The lowest BCUT2D eigenvalue weighted by Gasteiger charge is -2.24. The zero-order valence-corrected chi connectivity index (χ0v) is 12.2. The Morgan fingerprint density at radius 2 is 2.10 bits per heavy atom. The molecule has 20 heavy (non-hydrogen) atoms. The number of rotatable bonds is 4. The maximum Gasteiger partial charge on any atom is 0.239 e. The molecule has 3 nitrogen and oxygen atoms in total. The smallest absolute Gasteiger partial charge is 0.239 e. The van der Waals surface area contributed by atoms with E-state index in [1.807, 2.05) is 18.0 Å². The minimum atomic E-state index is 0.0725. The van der Waals surface area contributed by atoms with Crippen molar-refractivity contribution in [2.45, 2.75) is 31.7 Å². The highest BCUT2D eigenvalue weighted by molar-refractivity contribution is 5.82. The lowest BCUT2D eigenvalue weighted by Crippen LogP contribution is -2.45. The van der Waals surface area contributed by atoms with Crippen LogP contribution >= 0.6 is 0 Å². The van der Waals surface area contributed by atoms with Crippen molar-refractivity contribution in [1.82, 2.24) is 10.2 Å². The van der Waals surface area contributed by atoms with E-state index >= 15 is 0 Å². The Balaban J connectivity index is 1.54. The average Bonchev–Trinajstić information content (AvgIpc) is 3.08. The third-order valence-electron chi connectivity index (χ3n) is 4.97. The van der Waals surface area contributed by atoms with Crippen LogP contribution in [0.1, 0.15) is 24.8 Å². The predicted octanol–water partition coefficient (Wildman–Crippen LogP) is 2.08. The normalized spacial score (nSPS) is 28.4. The summed E-state index contributed by atoms with van der Waals surface area (Å²) in [4.78, 5) is 14.5. The molecule has 0 radical (unpaired) electrons. The molecule has 1 aliphatic heterocycles. The second-order valence-corrected chi connectivity index (χ2v) is 6.24. The van der Waals surface area contributed by atoms with E-state index in [0.717, 1.165) is 25.4 Å². The first-order chi connectivity index (χ1) is 9.75. The number of hydrogen-bond acceptors (Lipinski definition) is 2. The number of amides is 1. The number of nitrogens with zero attached hydrogens (tertiary/aromatic N) is 1. The average molecular weight is 272 g/mol. The number of nitrogens with one attached hydrogen (secondary N) is 1. The van der Waals surface area contributed by atoms with Crippen molar-refractivity contribution >= 4 is 5.91 Å². The van der Waals surface area contributed by atoms with Crippen molar-refractivity contribution in [3.05, 3.63) is 35.9 Å². The molecule has 3 unspecified atom stereocenters. The van der Waals surface area contributed by atoms with Gasteiger partial charge in [-0.2, -0.15) is 0 Å². The Morgan fingerprint density at radius 1 is 1.30 bits per heavy atom. The lowest BCUT2D eigenvalue weighted by atomic mass is 9.93. The van der Waals surface area contributed by atoms with Crippen LogP contribution in [0, 0.1) is 11.8 Å². The van der Waals surface area contributed by atoms with Crippen LogP contribution in [0.2, 0.25) is 0 Å². The predicted molar refractivity (Wildman–Crippen MR) is 80.4 cm³/mol. The van der Waals surface area contributed by atoms with Crippen molar-refractivity contribution < 1.29 is 4.79 Å². The van der Waals surface area contributed by atoms with Crippen LogP contribution < -0.4 is 5.32 Å². The Labute approximate surface area is 121 Å². The first kappa shape index (κ1) is 13.6. The van der Waals surface area contributed by atoms with Gasteiger partial charge in [0, 0.05) is 13.6 Å². The molecule has 1 N–H and O–H groups in total. The maximum absolute atomic E-state index is 12.6. The first-order valence-corrected chi connectivity index (χ1v) is 7.78. The van der Waals surface area contributed by atoms with Gasteiger partial charge in [-0.25, -0.2) is 0 Å². The minimum Gasteiger partial charge on any atom is -0.344 e. The van der Waals surface area contributed by atoms with E-state index < -0.39 is 0 Å². The van der Waals surface area contributed by atoms with Crippen molar-refractivity contribution in [3.63, 3.8) is 0 Å². The van der Waals surface area contributed by atoms with Crippen molar-refractivity contribution in [2.75, 3.05) is 20.1 Å². The number of fused-ring (bicyclic) bond motifs is 1. The number of likely N-dealkylation sites (N-methyl/N-ethyl adjacent to an activating group) is 1. The highest BCUT2D eigenvalue weighted by Crippen LogP contribution is 2.38. The molecule has 1 aromatic carbocycles. The van der Waals surface area contributed by atoms with Crippen LogP contribution in [0.5, 0.6) is 0 Å². The number of benzene rings is 1. The van der Waals surface area contributed by atoms with E-state index in [4.69, 9.17) is 0 Å². The summed E-state index contributed by atoms with van der Waals surface area (Å²) < 4.78 is 0. The van der Waals surface area contributed by atoms with Crippen LogP contribution in [0.4, 0.5) is 0 Å². The van der Waals surface area contributed by atoms with Gasteiger partial charge in [0.1, 0.15) is 0 Å². The molecule has 3 heteroatoms. The highest BCUT2D eigenvalue weighted by atomic mass is 16.2. The third kappa shape index (κ3) is 2.73. The molecule has 1 amide bonds. The summed E-state index contributed by atoms with van der Waals surface area (Å²) in [5.41, 5.74) is 1.30. The summed E-state index contributed by atoms with van der Waals surface area (Å²) in [6.45, 7) is 1.84. The summed E-state index contributed by atoms with van der Waals surface area (Å²) in [6, 6.07) is 10.5. The zero-order valence-electron chi connectivity index (χ0n) is 12.2. The topological polar surface area (TPSA) is 32.3 Å². The quantitative estimate of drug-likeness (QED) is 0.910. The molecule has 2 aliphatic rings. The summed E-state index contributed by atoms with van der Waals surface area (Å²) >= 11 is 0. The summed E-state index contributed by atoms with van der Waals surface area (Å²) in [5.74, 6) is 1.61. The van der Waals surface area contributed by atoms with Gasteiger partial charge in [-0.05, 0) is 43.2 Å². The van der Waals surface area contributed by atoms with Gasteiger partial charge in [-0.15, -0.1) is 0 Å². The van der Waals surface area contributed by atoms with Crippen molar-refractivity contribution in [1.29, 1.82) is 0 Å². The van der Waals surface area contributed by atoms with Gasteiger partial charge in [0.05, 0.1) is 6.04 Å². The molecule has 3 atom stereocenters. The Morgan fingerprint density at radius 3 is 2.90 bits per heavy atom. The summed E-state index contributed by atoms with van der Waals surface area (Å²) in [6.07, 6.45) is 4.76. The van der Waals surface area contributed by atoms with Crippen LogP contribution in [-0.4, -0.2) is 37.0 Å². The summed E-state index contributed by atoms with van der Waals surface area (Å²) in [7, 11) is 1.94. The van der Waals surface area contributed by atoms with Gasteiger partial charge in [-0.1, -0.05) is 36.8 Å². The lowest BCUT2D eigenvalue weighted by molar-refractivity contribution is -0.132. The molecule has 1 aromatic rings. The monoisotopic (exact) mass is 272 g/mol. The molecule has 2 fully saturated rings. The van der Waals surface area contributed by atoms with Crippen LogP contribution in [0.3, 0.4) is 0 Å². The first-order valence-electron chi connectivity index (χ1n) is 7.78. The van der Waals surface area contributed by atoms with Crippen LogP contribution in [0.15, 0.2) is 30.3 Å². The molecule has 108 valence electrons. The molecule has 1 saturated carbocycles. The van der Waals surface area contributed by atoms with E-state index in [9.17, 15) is 4.79 Å². The van der Waals surface area contributed by atoms with E-state index in [-0.39, 0.29) is 11.9 Å². The fourth-order valence-electron chi connectivity index (χ4n) is 3.75. The molecule has 3 rings (SSSR count). The fraction of sp³-hybridized carbons (Fsp3) is 0.588. The molecular weight excluding hydrogens is 248 g/mol. The van der Waals surface area contributed by atoms with Crippen LogP contribution in [-0.2, 0) is 11.2 Å². The Bertz CT molecular complexity index is 459. The van der Waals surface area contributed by atoms with E-state index in [0.29, 0.717) is 5.92 Å². The second kappa shape index (κ2) is 5.96. The summed E-state index contributed by atoms with van der Waals surface area (Å²) in [5, 5.41) is 3.45. The van der Waals surface area contributed by atoms with Crippen molar-refractivity contribution in [2.24, 2.45) is 11.8 Å². The minimum absolute atomic E-state index is 0.0725. The molecule has 1 heterocycles. The Hall–Kier alpha value is -1.35. The Kier molecular flexibility index (Phi) is 4.06. The number of carbonyl (C=O) groups is 1. The zero-order chi connectivity index (χ0) is 13.9. The van der Waals surface area contributed by atoms with Crippen molar-refractivity contribution in [3.8, 4) is 0 Å². The second-order valence-electron chi connectivity index (χ2n) is 6.24. The van der Waals surface area contributed by atoms with E-state index in [1.54, 1.807) is 0 Å². The van der Waals surface area contributed by atoms with Gasteiger partial charge in [-0.3, -0.25) is 4.79 Å². The number of carbonyl (C=O) groups excluding carboxylic acids is 1. The largest absolute Gasteiger partial charge is 0.344 e.